The van der Waals surface area contributed by atoms with Crippen LogP contribution in [-0.4, -0.2) is 68.5 Å². The lowest BCUT2D eigenvalue weighted by atomic mass is 9.92. The summed E-state index contributed by atoms with van der Waals surface area (Å²) in [5.41, 5.74) is 0.523. The first-order valence-electron chi connectivity index (χ1n) is 13.6. The zero-order chi connectivity index (χ0) is 26.7. The van der Waals surface area contributed by atoms with Gasteiger partial charge in [-0.15, -0.1) is 0 Å². The van der Waals surface area contributed by atoms with Crippen LogP contribution in [0.15, 0.2) is 41.3 Å². The van der Waals surface area contributed by atoms with Crippen LogP contribution in [0.1, 0.15) is 62.2 Å². The number of nitrogens with zero attached hydrogens (tertiary/aromatic N) is 2. The Morgan fingerprint density at radius 1 is 0.947 bits per heavy atom. The van der Waals surface area contributed by atoms with Crippen molar-refractivity contribution in [2.75, 3.05) is 32.8 Å². The van der Waals surface area contributed by atoms with E-state index in [1.165, 1.54) is 12.1 Å². The maximum atomic E-state index is 14.3. The Morgan fingerprint density at radius 2 is 1.66 bits per heavy atom. The number of para-hydroxylation sites is 1. The van der Waals surface area contributed by atoms with Crippen molar-refractivity contribution in [3.05, 3.63) is 47.0 Å². The van der Waals surface area contributed by atoms with E-state index in [0.717, 1.165) is 19.3 Å². The predicted molar refractivity (Wildman–Crippen MR) is 145 cm³/mol. The molecule has 10 heteroatoms. The largest absolute Gasteiger partial charge is 0.488 e. The number of amides is 1. The van der Waals surface area contributed by atoms with Gasteiger partial charge in [-0.2, -0.15) is 4.31 Å². The number of benzene rings is 2. The van der Waals surface area contributed by atoms with Crippen molar-refractivity contribution < 1.29 is 27.4 Å². The molecule has 0 N–H and O–H groups in total. The van der Waals surface area contributed by atoms with Gasteiger partial charge in [0.25, 0.3) is 5.91 Å². The highest BCUT2D eigenvalue weighted by molar-refractivity contribution is 7.89. The van der Waals surface area contributed by atoms with E-state index in [2.05, 4.69) is 0 Å². The molecule has 2 atom stereocenters. The van der Waals surface area contributed by atoms with Crippen LogP contribution in [0.2, 0.25) is 5.02 Å². The van der Waals surface area contributed by atoms with Gasteiger partial charge < -0.3 is 19.1 Å². The molecule has 0 spiro atoms. The van der Waals surface area contributed by atoms with E-state index in [9.17, 15) is 13.2 Å². The van der Waals surface area contributed by atoms with Crippen LogP contribution in [0, 0.1) is 0 Å². The minimum Gasteiger partial charge on any atom is -0.488 e. The van der Waals surface area contributed by atoms with E-state index in [4.69, 9.17) is 25.8 Å². The van der Waals surface area contributed by atoms with E-state index in [1.807, 2.05) is 30.0 Å². The monoisotopic (exact) mass is 562 g/mol. The summed E-state index contributed by atoms with van der Waals surface area (Å²) in [4.78, 5) is 15.3. The van der Waals surface area contributed by atoms with E-state index < -0.39 is 10.0 Å². The first kappa shape index (κ1) is 27.1. The topological polar surface area (TPSA) is 85.4 Å². The van der Waals surface area contributed by atoms with E-state index >= 15 is 0 Å². The highest BCUT2D eigenvalue weighted by atomic mass is 35.5. The number of ether oxygens (including phenoxy) is 3. The summed E-state index contributed by atoms with van der Waals surface area (Å²) in [6.45, 7) is 4.28. The zero-order valence-electron chi connectivity index (χ0n) is 21.7. The molecule has 206 valence electrons. The fourth-order valence-corrected chi connectivity index (χ4v) is 7.84. The fourth-order valence-electron chi connectivity index (χ4n) is 5.61. The summed E-state index contributed by atoms with van der Waals surface area (Å²) in [5, 5.41) is 0.110. The molecule has 2 aromatic carbocycles. The van der Waals surface area contributed by atoms with Crippen molar-refractivity contribution in [3.8, 4) is 17.2 Å². The molecule has 0 saturated heterocycles. The molecule has 1 amide bonds. The fraction of sp³-hybridized carbons (Fsp3) is 0.536. The van der Waals surface area contributed by atoms with E-state index in [0.29, 0.717) is 81.3 Å². The molecule has 0 unspecified atom stereocenters. The van der Waals surface area contributed by atoms with Crippen molar-refractivity contribution in [2.24, 2.45) is 0 Å². The van der Waals surface area contributed by atoms with Crippen molar-refractivity contribution in [3.63, 3.8) is 0 Å². The van der Waals surface area contributed by atoms with E-state index in [-0.39, 0.29) is 28.0 Å². The minimum absolute atomic E-state index is 0.0167. The summed E-state index contributed by atoms with van der Waals surface area (Å²) < 4.78 is 47.9. The van der Waals surface area contributed by atoms with Gasteiger partial charge >= 0.3 is 0 Å². The van der Waals surface area contributed by atoms with Gasteiger partial charge in [0.05, 0.1) is 16.6 Å². The van der Waals surface area contributed by atoms with Crippen molar-refractivity contribution >= 4 is 27.5 Å². The van der Waals surface area contributed by atoms with Crippen LogP contribution in [-0.2, 0) is 10.0 Å². The minimum atomic E-state index is -3.99. The summed E-state index contributed by atoms with van der Waals surface area (Å²) in [6.07, 6.45) is 4.95. The number of sulfonamides is 1. The van der Waals surface area contributed by atoms with Gasteiger partial charge in [-0.1, -0.05) is 37.1 Å². The second-order valence-corrected chi connectivity index (χ2v) is 12.3. The van der Waals surface area contributed by atoms with Gasteiger partial charge in [0.2, 0.25) is 10.0 Å². The maximum absolute atomic E-state index is 14.3. The Morgan fingerprint density at radius 3 is 2.45 bits per heavy atom. The maximum Gasteiger partial charge on any atom is 0.257 e. The Balaban J connectivity index is 1.54. The third-order valence-electron chi connectivity index (χ3n) is 7.45. The molecular formula is C28H35ClN2O6S. The molecule has 8 nitrogen and oxygen atoms in total. The summed E-state index contributed by atoms with van der Waals surface area (Å²) >= 11 is 6.54. The standard InChI is InChI=1S/C28H35ClN2O6S/c1-2-13-30-14-7-8-15-31(38(33,34)27-19-26-25(18-21(27)29)35-16-17-36-26)22-10-4-6-12-24(22)37-23-11-5-3-9-20(23)28(30)32/h3,5,9,11,18-19,22,24H,2,4,6-8,10,12-17H2,1H3/t22-,24+/m1/s1. The van der Waals surface area contributed by atoms with Crippen molar-refractivity contribution in [1.82, 2.24) is 9.21 Å². The molecule has 2 aliphatic heterocycles. The Bertz CT molecular complexity index is 1270. The number of fused-ring (bicyclic) bond motifs is 3. The molecule has 1 saturated carbocycles. The highest BCUT2D eigenvalue weighted by Crippen LogP contribution is 2.40. The molecule has 1 aliphatic carbocycles. The van der Waals surface area contributed by atoms with Crippen molar-refractivity contribution in [2.45, 2.75) is 68.9 Å². The van der Waals surface area contributed by atoms with Gasteiger partial charge in [0, 0.05) is 31.8 Å². The lowest BCUT2D eigenvalue weighted by Gasteiger charge is -2.40. The molecule has 2 heterocycles. The normalized spacial score (nSPS) is 22.9. The summed E-state index contributed by atoms with van der Waals surface area (Å²) in [5.74, 6) is 1.30. The number of hydrogen-bond acceptors (Lipinski definition) is 6. The Hall–Kier alpha value is -2.49. The first-order valence-corrected chi connectivity index (χ1v) is 15.4. The van der Waals surface area contributed by atoms with Crippen LogP contribution < -0.4 is 14.2 Å². The van der Waals surface area contributed by atoms with Crippen LogP contribution in [0.25, 0.3) is 0 Å². The SMILES string of the molecule is CCCN1CCCCN(S(=O)(=O)c2cc3c(cc2Cl)OCCO3)[C@@H]2CCCC[C@@H]2Oc2ccccc2C1=O. The Labute approximate surface area is 229 Å². The summed E-state index contributed by atoms with van der Waals surface area (Å²) in [6, 6.07) is 9.93. The number of carbonyl (C=O) groups excluding carboxylic acids is 1. The second-order valence-electron chi connectivity index (χ2n) is 10.0. The average molecular weight is 563 g/mol. The summed E-state index contributed by atoms with van der Waals surface area (Å²) in [7, 11) is -3.99. The van der Waals surface area contributed by atoms with Crippen LogP contribution in [0.5, 0.6) is 17.2 Å². The molecular weight excluding hydrogens is 528 g/mol. The molecule has 1 fully saturated rings. The third-order valence-corrected chi connectivity index (χ3v) is 9.84. The Kier molecular flexibility index (Phi) is 8.35. The van der Waals surface area contributed by atoms with Gasteiger partial charge in [-0.3, -0.25) is 4.79 Å². The predicted octanol–water partition coefficient (Wildman–Crippen LogP) is 5.14. The molecule has 3 aliphatic rings. The van der Waals surface area contributed by atoms with Crippen molar-refractivity contribution in [1.29, 1.82) is 0 Å². The zero-order valence-corrected chi connectivity index (χ0v) is 23.3. The van der Waals surface area contributed by atoms with Crippen LogP contribution in [0.4, 0.5) is 0 Å². The van der Waals surface area contributed by atoms with E-state index in [1.54, 1.807) is 10.4 Å². The molecule has 38 heavy (non-hydrogen) atoms. The second kappa shape index (κ2) is 11.7. The number of rotatable bonds is 4. The van der Waals surface area contributed by atoms with Crippen LogP contribution >= 0.6 is 11.6 Å². The van der Waals surface area contributed by atoms with Gasteiger partial charge in [-0.05, 0) is 50.7 Å². The quantitative estimate of drug-likeness (QED) is 0.513. The molecule has 0 radical (unpaired) electrons. The lowest BCUT2D eigenvalue weighted by Crippen LogP contribution is -2.51. The molecule has 2 aromatic rings. The molecule has 0 aromatic heterocycles. The van der Waals surface area contributed by atoms with Gasteiger partial charge in [0.15, 0.2) is 11.5 Å². The first-order chi connectivity index (χ1) is 18.4. The average Bonchev–Trinajstić information content (AvgIpc) is 2.92. The lowest BCUT2D eigenvalue weighted by molar-refractivity contribution is 0.0636. The molecule has 5 rings (SSSR count). The number of halogens is 1. The molecule has 0 bridgehead atoms. The smallest absolute Gasteiger partial charge is 0.257 e. The van der Waals surface area contributed by atoms with Gasteiger partial charge in [-0.25, -0.2) is 8.42 Å². The third kappa shape index (κ3) is 5.46. The highest BCUT2D eigenvalue weighted by Gasteiger charge is 2.40. The number of carbonyl (C=O) groups is 1. The number of hydrogen-bond donors (Lipinski definition) is 0. The van der Waals surface area contributed by atoms with Gasteiger partial charge in [0.1, 0.15) is 30.0 Å². The van der Waals surface area contributed by atoms with Crippen LogP contribution in [0.3, 0.4) is 0 Å².